The van der Waals surface area contributed by atoms with E-state index in [0.717, 1.165) is 0 Å². The summed E-state index contributed by atoms with van der Waals surface area (Å²) in [5, 5.41) is 13.3. The van der Waals surface area contributed by atoms with E-state index >= 15 is 0 Å². The highest BCUT2D eigenvalue weighted by Crippen LogP contribution is 2.14. The van der Waals surface area contributed by atoms with Gasteiger partial charge in [-0.15, -0.1) is 0 Å². The molecule has 0 saturated carbocycles. The Kier molecular flexibility index (Phi) is 5.63. The van der Waals surface area contributed by atoms with Gasteiger partial charge in [0.25, 0.3) is 5.91 Å². The van der Waals surface area contributed by atoms with E-state index in [1.807, 2.05) is 0 Å². The standard InChI is InChI=1S/C17H23N3O2/c1-6-11(2)15(21)19-13-9-7-12(8-10-13)14(18)20-16(22)17(3,4)5/h6-10H,1-5H3,(H,19,21)(H2,18,20,22)/b11-6+. The normalized spacial score (nSPS) is 11.8. The Morgan fingerprint density at radius 2 is 1.68 bits per heavy atom. The minimum atomic E-state index is -0.551. The van der Waals surface area contributed by atoms with Crippen LogP contribution in [-0.2, 0) is 9.59 Å². The van der Waals surface area contributed by atoms with Crippen molar-refractivity contribution < 1.29 is 9.59 Å². The number of carbonyl (C=O) groups is 2. The van der Waals surface area contributed by atoms with Crippen LogP contribution in [0.2, 0.25) is 0 Å². The summed E-state index contributed by atoms with van der Waals surface area (Å²) in [5.41, 5.74) is 1.31. The Morgan fingerprint density at radius 3 is 2.14 bits per heavy atom. The summed E-state index contributed by atoms with van der Waals surface area (Å²) in [6.45, 7) is 8.91. The van der Waals surface area contributed by atoms with Gasteiger partial charge >= 0.3 is 0 Å². The average molecular weight is 301 g/mol. The summed E-state index contributed by atoms with van der Waals surface area (Å²) in [5.74, 6) is -0.326. The predicted molar refractivity (Wildman–Crippen MR) is 88.9 cm³/mol. The number of anilines is 1. The number of hydrogen-bond acceptors (Lipinski definition) is 3. The maximum absolute atomic E-state index is 11.9. The Hall–Kier alpha value is -2.43. The van der Waals surface area contributed by atoms with Gasteiger partial charge < -0.3 is 10.6 Å². The van der Waals surface area contributed by atoms with Gasteiger partial charge in [-0.25, -0.2) is 0 Å². The molecule has 22 heavy (non-hydrogen) atoms. The molecule has 0 heterocycles. The molecule has 5 nitrogen and oxygen atoms in total. The van der Waals surface area contributed by atoms with Crippen molar-refractivity contribution in [1.82, 2.24) is 5.32 Å². The number of rotatable bonds is 3. The molecule has 0 radical (unpaired) electrons. The van der Waals surface area contributed by atoms with E-state index in [1.165, 1.54) is 0 Å². The highest BCUT2D eigenvalue weighted by Gasteiger charge is 2.22. The van der Waals surface area contributed by atoms with Crippen LogP contribution in [0.3, 0.4) is 0 Å². The van der Waals surface area contributed by atoms with Crippen LogP contribution in [0.15, 0.2) is 35.9 Å². The number of amides is 2. The van der Waals surface area contributed by atoms with Crippen LogP contribution in [0.25, 0.3) is 0 Å². The highest BCUT2D eigenvalue weighted by molar-refractivity contribution is 6.08. The molecule has 0 aliphatic carbocycles. The van der Waals surface area contributed by atoms with E-state index in [-0.39, 0.29) is 17.6 Å². The molecular weight excluding hydrogens is 278 g/mol. The summed E-state index contributed by atoms with van der Waals surface area (Å²) in [7, 11) is 0. The first kappa shape index (κ1) is 17.6. The van der Waals surface area contributed by atoms with E-state index < -0.39 is 5.41 Å². The van der Waals surface area contributed by atoms with Gasteiger partial charge in [0.2, 0.25) is 5.91 Å². The van der Waals surface area contributed by atoms with Gasteiger partial charge in [0.1, 0.15) is 5.84 Å². The van der Waals surface area contributed by atoms with E-state index in [4.69, 9.17) is 5.41 Å². The van der Waals surface area contributed by atoms with Gasteiger partial charge in [-0.3, -0.25) is 15.0 Å². The van der Waals surface area contributed by atoms with Crippen LogP contribution in [0.5, 0.6) is 0 Å². The lowest BCUT2D eigenvalue weighted by molar-refractivity contribution is -0.127. The molecule has 0 aromatic heterocycles. The fraction of sp³-hybridized carbons (Fsp3) is 0.353. The van der Waals surface area contributed by atoms with Crippen molar-refractivity contribution >= 4 is 23.3 Å². The minimum Gasteiger partial charge on any atom is -0.322 e. The van der Waals surface area contributed by atoms with Crippen molar-refractivity contribution in [2.75, 3.05) is 5.32 Å². The molecule has 0 fully saturated rings. The molecule has 0 spiro atoms. The van der Waals surface area contributed by atoms with E-state index in [0.29, 0.717) is 16.8 Å². The number of nitrogens with one attached hydrogen (secondary N) is 3. The third kappa shape index (κ3) is 4.84. The van der Waals surface area contributed by atoms with Crippen LogP contribution in [0, 0.1) is 10.8 Å². The summed E-state index contributed by atoms with van der Waals surface area (Å²) in [6.07, 6.45) is 1.74. The molecule has 0 atom stereocenters. The fourth-order valence-corrected chi connectivity index (χ4v) is 1.45. The van der Waals surface area contributed by atoms with Crippen molar-refractivity contribution in [3.8, 4) is 0 Å². The molecule has 118 valence electrons. The second-order valence-electron chi connectivity index (χ2n) is 6.08. The second-order valence-corrected chi connectivity index (χ2v) is 6.08. The van der Waals surface area contributed by atoms with Crippen molar-refractivity contribution in [1.29, 1.82) is 5.41 Å². The van der Waals surface area contributed by atoms with E-state index in [9.17, 15) is 9.59 Å². The lowest BCUT2D eigenvalue weighted by Crippen LogP contribution is -2.38. The Balaban J connectivity index is 2.75. The van der Waals surface area contributed by atoms with Crippen LogP contribution < -0.4 is 10.6 Å². The molecule has 1 aromatic carbocycles. The maximum atomic E-state index is 11.9. The van der Waals surface area contributed by atoms with Crippen LogP contribution in [0.4, 0.5) is 5.69 Å². The number of allylic oxidation sites excluding steroid dienone is 1. The van der Waals surface area contributed by atoms with Crippen LogP contribution >= 0.6 is 0 Å². The topological polar surface area (TPSA) is 82.1 Å². The Bertz CT molecular complexity index is 608. The molecule has 0 aliphatic heterocycles. The Labute approximate surface area is 131 Å². The van der Waals surface area contributed by atoms with Gasteiger partial charge in [-0.1, -0.05) is 26.8 Å². The van der Waals surface area contributed by atoms with E-state index in [1.54, 1.807) is 65.0 Å². The van der Waals surface area contributed by atoms with Crippen molar-refractivity contribution in [3.63, 3.8) is 0 Å². The molecule has 0 unspecified atom stereocenters. The number of benzene rings is 1. The van der Waals surface area contributed by atoms with Gasteiger partial charge in [-0.05, 0) is 38.1 Å². The monoisotopic (exact) mass is 301 g/mol. The first-order chi connectivity index (χ1) is 10.1. The van der Waals surface area contributed by atoms with Crippen molar-refractivity contribution in [2.45, 2.75) is 34.6 Å². The van der Waals surface area contributed by atoms with Gasteiger partial charge in [0.15, 0.2) is 0 Å². The molecule has 2 amide bonds. The summed E-state index contributed by atoms with van der Waals surface area (Å²) < 4.78 is 0. The first-order valence-electron chi connectivity index (χ1n) is 7.10. The fourth-order valence-electron chi connectivity index (χ4n) is 1.45. The van der Waals surface area contributed by atoms with Gasteiger partial charge in [0.05, 0.1) is 0 Å². The lowest BCUT2D eigenvalue weighted by atomic mass is 9.95. The lowest BCUT2D eigenvalue weighted by Gasteiger charge is -2.18. The zero-order valence-corrected chi connectivity index (χ0v) is 13.7. The maximum Gasteiger partial charge on any atom is 0.250 e. The largest absolute Gasteiger partial charge is 0.322 e. The predicted octanol–water partition coefficient (Wildman–Crippen LogP) is 3.08. The number of hydrogen-bond donors (Lipinski definition) is 3. The molecule has 1 aromatic rings. The zero-order valence-electron chi connectivity index (χ0n) is 13.7. The second kappa shape index (κ2) is 7.02. The number of amidine groups is 1. The van der Waals surface area contributed by atoms with Crippen molar-refractivity contribution in [3.05, 3.63) is 41.5 Å². The number of carbonyl (C=O) groups excluding carboxylic acids is 2. The summed E-state index contributed by atoms with van der Waals surface area (Å²) in [6, 6.07) is 6.78. The quantitative estimate of drug-likeness (QED) is 0.455. The summed E-state index contributed by atoms with van der Waals surface area (Å²) in [4.78, 5) is 23.6. The zero-order chi connectivity index (χ0) is 16.9. The molecular formula is C17H23N3O2. The molecule has 0 bridgehead atoms. The third-order valence-electron chi connectivity index (χ3n) is 3.14. The van der Waals surface area contributed by atoms with Crippen molar-refractivity contribution in [2.24, 2.45) is 5.41 Å². The SMILES string of the molecule is C/C=C(\C)C(=O)Nc1ccc(C(=N)NC(=O)C(C)(C)C)cc1. The molecule has 0 saturated heterocycles. The molecule has 1 rings (SSSR count). The van der Waals surface area contributed by atoms with Crippen LogP contribution in [-0.4, -0.2) is 17.6 Å². The third-order valence-corrected chi connectivity index (χ3v) is 3.14. The highest BCUT2D eigenvalue weighted by atomic mass is 16.2. The van der Waals surface area contributed by atoms with Crippen LogP contribution in [0.1, 0.15) is 40.2 Å². The Morgan fingerprint density at radius 1 is 1.14 bits per heavy atom. The average Bonchev–Trinajstić information content (AvgIpc) is 2.45. The minimum absolute atomic E-state index is 0.0439. The molecule has 3 N–H and O–H groups in total. The van der Waals surface area contributed by atoms with Gasteiger partial charge in [-0.2, -0.15) is 0 Å². The van der Waals surface area contributed by atoms with E-state index in [2.05, 4.69) is 10.6 Å². The first-order valence-corrected chi connectivity index (χ1v) is 7.10. The van der Waals surface area contributed by atoms with Gasteiger partial charge in [0, 0.05) is 22.2 Å². The molecule has 5 heteroatoms. The molecule has 0 aliphatic rings. The smallest absolute Gasteiger partial charge is 0.250 e. The summed E-state index contributed by atoms with van der Waals surface area (Å²) >= 11 is 0.